The molecule has 0 radical (unpaired) electrons. The van der Waals surface area contributed by atoms with Crippen LogP contribution in [0.25, 0.3) is 0 Å². The van der Waals surface area contributed by atoms with E-state index in [2.05, 4.69) is 21.3 Å². The van der Waals surface area contributed by atoms with Gasteiger partial charge in [-0.05, 0) is 55.6 Å². The summed E-state index contributed by atoms with van der Waals surface area (Å²) in [7, 11) is 4.05. The molecule has 0 unspecified atom stereocenters. The minimum Gasteiger partial charge on any atom is -0.484 e. The lowest BCUT2D eigenvalue weighted by Gasteiger charge is -2.15. The third-order valence-electron chi connectivity index (χ3n) is 4.13. The first-order chi connectivity index (χ1) is 14.1. The molecule has 3 aromatic rings. The number of ether oxygens (including phenoxy) is 2. The van der Waals surface area contributed by atoms with Crippen LogP contribution in [0, 0.1) is 0 Å². The second-order valence-corrected chi connectivity index (χ2v) is 6.81. The zero-order valence-electron chi connectivity index (χ0n) is 16.7. The van der Waals surface area contributed by atoms with Crippen molar-refractivity contribution >= 4 is 5.91 Å². The summed E-state index contributed by atoms with van der Waals surface area (Å²) in [5, 5.41) is 2.91. The van der Waals surface area contributed by atoms with Crippen LogP contribution < -0.4 is 14.8 Å². The van der Waals surface area contributed by atoms with Gasteiger partial charge in [-0.25, -0.2) is 4.98 Å². The van der Waals surface area contributed by atoms with Crippen molar-refractivity contribution in [2.24, 2.45) is 0 Å². The number of amides is 1. The highest BCUT2D eigenvalue weighted by Crippen LogP contribution is 2.22. The molecule has 2 aromatic carbocycles. The van der Waals surface area contributed by atoms with Gasteiger partial charge in [-0.2, -0.15) is 0 Å². The molecule has 6 nitrogen and oxygen atoms in total. The first-order valence-corrected chi connectivity index (χ1v) is 9.40. The van der Waals surface area contributed by atoms with Crippen molar-refractivity contribution in [3.8, 4) is 17.4 Å². The summed E-state index contributed by atoms with van der Waals surface area (Å²) in [4.78, 5) is 18.4. The molecule has 0 aliphatic heterocycles. The number of nitrogens with zero attached hydrogens (tertiary/aromatic N) is 2. The molecular formula is C23H25N3O3. The highest BCUT2D eigenvalue weighted by atomic mass is 16.5. The molecule has 0 spiro atoms. The number of hydrogen-bond donors (Lipinski definition) is 1. The van der Waals surface area contributed by atoms with Gasteiger partial charge in [0.05, 0.1) is 0 Å². The molecule has 1 heterocycles. The van der Waals surface area contributed by atoms with Crippen LogP contribution in [-0.2, 0) is 17.9 Å². The maximum absolute atomic E-state index is 12.2. The molecule has 0 aliphatic rings. The molecule has 6 heteroatoms. The maximum atomic E-state index is 12.2. The van der Waals surface area contributed by atoms with E-state index in [4.69, 9.17) is 9.47 Å². The average molecular weight is 391 g/mol. The number of pyridine rings is 1. The van der Waals surface area contributed by atoms with Crippen molar-refractivity contribution in [2.45, 2.75) is 13.1 Å². The number of rotatable bonds is 9. The Morgan fingerprint density at radius 3 is 2.31 bits per heavy atom. The fourth-order valence-corrected chi connectivity index (χ4v) is 2.75. The van der Waals surface area contributed by atoms with E-state index in [0.29, 0.717) is 23.9 Å². The number of benzene rings is 2. The van der Waals surface area contributed by atoms with Gasteiger partial charge < -0.3 is 19.7 Å². The van der Waals surface area contributed by atoms with Gasteiger partial charge in [0, 0.05) is 25.4 Å². The smallest absolute Gasteiger partial charge is 0.258 e. The van der Waals surface area contributed by atoms with Gasteiger partial charge in [-0.15, -0.1) is 0 Å². The lowest BCUT2D eigenvalue weighted by atomic mass is 10.1. The molecule has 0 saturated heterocycles. The Hall–Kier alpha value is -3.38. The molecule has 0 bridgehead atoms. The normalized spacial score (nSPS) is 10.6. The van der Waals surface area contributed by atoms with Crippen molar-refractivity contribution in [1.82, 2.24) is 15.2 Å². The van der Waals surface area contributed by atoms with E-state index in [-0.39, 0.29) is 12.5 Å². The summed E-state index contributed by atoms with van der Waals surface area (Å²) >= 11 is 0. The highest BCUT2D eigenvalue weighted by Gasteiger charge is 2.07. The predicted octanol–water partition coefficient (Wildman–Crippen LogP) is 3.63. The summed E-state index contributed by atoms with van der Waals surface area (Å²) in [5.74, 6) is 1.60. The van der Waals surface area contributed by atoms with E-state index in [1.807, 2.05) is 44.4 Å². The summed E-state index contributed by atoms with van der Waals surface area (Å²) in [6.07, 6.45) is 1.67. The topological polar surface area (TPSA) is 63.7 Å². The second kappa shape index (κ2) is 10.2. The zero-order valence-corrected chi connectivity index (χ0v) is 16.7. The number of carbonyl (C=O) groups excluding carboxylic acids is 1. The molecule has 1 amide bonds. The molecule has 0 atom stereocenters. The lowest BCUT2D eigenvalue weighted by molar-refractivity contribution is -0.123. The Balaban J connectivity index is 1.46. The van der Waals surface area contributed by atoms with Gasteiger partial charge in [0.2, 0.25) is 5.88 Å². The number of carbonyl (C=O) groups is 1. The zero-order chi connectivity index (χ0) is 20.5. The Kier molecular flexibility index (Phi) is 7.19. The van der Waals surface area contributed by atoms with Crippen LogP contribution in [0.5, 0.6) is 17.4 Å². The third-order valence-corrected chi connectivity index (χ3v) is 4.13. The van der Waals surface area contributed by atoms with Crippen LogP contribution in [0.4, 0.5) is 0 Å². The van der Waals surface area contributed by atoms with Gasteiger partial charge >= 0.3 is 0 Å². The molecule has 0 fully saturated rings. The number of nitrogens with one attached hydrogen (secondary N) is 1. The fraction of sp³-hybridized carbons (Fsp3) is 0.217. The molecule has 150 valence electrons. The first-order valence-electron chi connectivity index (χ1n) is 9.40. The van der Waals surface area contributed by atoms with Crippen molar-refractivity contribution < 1.29 is 14.3 Å². The fourth-order valence-electron chi connectivity index (χ4n) is 2.75. The van der Waals surface area contributed by atoms with Crippen molar-refractivity contribution in [2.75, 3.05) is 20.7 Å². The minimum atomic E-state index is -0.168. The number of hydrogen-bond acceptors (Lipinski definition) is 5. The SMILES string of the molecule is CN(C)Cc1ccccc1CNC(=O)COc1ccc(Oc2ccccn2)cc1. The van der Waals surface area contributed by atoms with Crippen LogP contribution in [0.15, 0.2) is 72.9 Å². The van der Waals surface area contributed by atoms with Crippen molar-refractivity contribution in [3.05, 3.63) is 84.1 Å². The van der Waals surface area contributed by atoms with E-state index >= 15 is 0 Å². The minimum absolute atomic E-state index is 0.0453. The van der Waals surface area contributed by atoms with Crippen LogP contribution in [0.1, 0.15) is 11.1 Å². The standard InChI is InChI=1S/C23H25N3O3/c1-26(2)16-19-8-4-3-7-18(19)15-25-22(27)17-28-20-10-12-21(13-11-20)29-23-9-5-6-14-24-23/h3-14H,15-17H2,1-2H3,(H,25,27). The largest absolute Gasteiger partial charge is 0.484 e. The van der Waals surface area contributed by atoms with Crippen LogP contribution in [-0.4, -0.2) is 36.5 Å². The molecule has 3 rings (SSSR count). The Morgan fingerprint density at radius 2 is 1.62 bits per heavy atom. The molecule has 0 aliphatic carbocycles. The summed E-state index contributed by atoms with van der Waals surface area (Å²) in [6, 6.07) is 20.6. The number of aromatic nitrogens is 1. The quantitative estimate of drug-likeness (QED) is 0.603. The van der Waals surface area contributed by atoms with E-state index in [1.165, 1.54) is 5.56 Å². The van der Waals surface area contributed by atoms with Gasteiger partial charge in [0.1, 0.15) is 11.5 Å². The molecule has 1 aromatic heterocycles. The van der Waals surface area contributed by atoms with Gasteiger partial charge in [-0.1, -0.05) is 30.3 Å². The Bertz CT molecular complexity index is 912. The lowest BCUT2D eigenvalue weighted by Crippen LogP contribution is -2.29. The van der Waals surface area contributed by atoms with E-state index in [0.717, 1.165) is 12.1 Å². The van der Waals surface area contributed by atoms with E-state index < -0.39 is 0 Å². The van der Waals surface area contributed by atoms with E-state index in [1.54, 1.807) is 36.5 Å². The molecule has 0 saturated carbocycles. The van der Waals surface area contributed by atoms with Crippen molar-refractivity contribution in [3.63, 3.8) is 0 Å². The third kappa shape index (κ3) is 6.62. The van der Waals surface area contributed by atoms with Crippen LogP contribution in [0.2, 0.25) is 0 Å². The predicted molar refractivity (Wildman–Crippen MR) is 112 cm³/mol. The monoisotopic (exact) mass is 391 g/mol. The first kappa shape index (κ1) is 20.4. The summed E-state index contributed by atoms with van der Waals surface area (Å²) < 4.78 is 11.2. The Labute approximate surface area is 171 Å². The summed E-state index contributed by atoms with van der Waals surface area (Å²) in [6.45, 7) is 1.26. The van der Waals surface area contributed by atoms with Crippen molar-refractivity contribution in [1.29, 1.82) is 0 Å². The van der Waals surface area contributed by atoms with Crippen LogP contribution in [0.3, 0.4) is 0 Å². The van der Waals surface area contributed by atoms with Crippen LogP contribution >= 0.6 is 0 Å². The van der Waals surface area contributed by atoms with E-state index in [9.17, 15) is 4.79 Å². The second-order valence-electron chi connectivity index (χ2n) is 6.81. The average Bonchev–Trinajstić information content (AvgIpc) is 2.73. The maximum Gasteiger partial charge on any atom is 0.258 e. The summed E-state index contributed by atoms with van der Waals surface area (Å²) in [5.41, 5.74) is 2.30. The van der Waals surface area contributed by atoms with Gasteiger partial charge in [-0.3, -0.25) is 4.79 Å². The van der Waals surface area contributed by atoms with Gasteiger partial charge in [0.25, 0.3) is 5.91 Å². The molecule has 29 heavy (non-hydrogen) atoms. The van der Waals surface area contributed by atoms with Gasteiger partial charge in [0.15, 0.2) is 6.61 Å². The Morgan fingerprint density at radius 1 is 0.931 bits per heavy atom. The molecule has 1 N–H and O–H groups in total. The molecular weight excluding hydrogens is 366 g/mol. The highest BCUT2D eigenvalue weighted by molar-refractivity contribution is 5.77.